The molecular weight excluding hydrogens is 440 g/mol. The van der Waals surface area contributed by atoms with E-state index in [2.05, 4.69) is 26.7 Å². The summed E-state index contributed by atoms with van der Waals surface area (Å²) in [6.45, 7) is 4.14. The first-order valence-electron chi connectivity index (χ1n) is 11.4. The second-order valence-corrected chi connectivity index (χ2v) is 10.3. The number of likely N-dealkylation sites (tertiary alicyclic amines) is 1. The van der Waals surface area contributed by atoms with Crippen LogP contribution in [0.5, 0.6) is 0 Å². The van der Waals surface area contributed by atoms with Crippen molar-refractivity contribution in [3.05, 3.63) is 65.7 Å². The van der Waals surface area contributed by atoms with Gasteiger partial charge in [-0.1, -0.05) is 42.5 Å². The lowest BCUT2D eigenvalue weighted by Crippen LogP contribution is -2.51. The molecule has 3 heterocycles. The van der Waals surface area contributed by atoms with Crippen LogP contribution >= 0.6 is 0 Å². The van der Waals surface area contributed by atoms with E-state index in [0.717, 1.165) is 26.1 Å². The van der Waals surface area contributed by atoms with Gasteiger partial charge in [0.2, 0.25) is 5.91 Å². The molecule has 3 aliphatic rings. The third kappa shape index (κ3) is 4.66. The summed E-state index contributed by atoms with van der Waals surface area (Å²) in [7, 11) is -3.71. The van der Waals surface area contributed by atoms with E-state index in [0.29, 0.717) is 37.5 Å². The van der Waals surface area contributed by atoms with E-state index in [1.165, 1.54) is 5.56 Å². The van der Waals surface area contributed by atoms with Gasteiger partial charge in [0, 0.05) is 38.3 Å². The summed E-state index contributed by atoms with van der Waals surface area (Å²) in [5.41, 5.74) is 1.83. The number of hydrogen-bond acceptors (Lipinski definition) is 6. The molecule has 0 spiro atoms. The van der Waals surface area contributed by atoms with Gasteiger partial charge in [0.1, 0.15) is 10.9 Å². The average Bonchev–Trinajstić information content (AvgIpc) is 3.41. The van der Waals surface area contributed by atoms with Crippen LogP contribution in [0.3, 0.4) is 0 Å². The van der Waals surface area contributed by atoms with Crippen LogP contribution in [-0.4, -0.2) is 74.9 Å². The van der Waals surface area contributed by atoms with Gasteiger partial charge in [0.05, 0.1) is 12.7 Å². The van der Waals surface area contributed by atoms with Gasteiger partial charge >= 0.3 is 0 Å². The Hall–Kier alpha value is -2.75. The molecule has 0 saturated carbocycles. The van der Waals surface area contributed by atoms with Crippen molar-refractivity contribution in [1.82, 2.24) is 15.1 Å². The van der Waals surface area contributed by atoms with E-state index >= 15 is 0 Å². The predicted octanol–water partition coefficient (Wildman–Crippen LogP) is 1.62. The van der Waals surface area contributed by atoms with E-state index in [1.54, 1.807) is 24.3 Å². The Kier molecular flexibility index (Phi) is 6.18. The summed E-state index contributed by atoms with van der Waals surface area (Å²) >= 11 is 0. The number of carbonyl (C=O) groups excluding carboxylic acids is 1. The molecule has 2 aromatic carbocycles. The molecule has 33 heavy (non-hydrogen) atoms. The highest BCUT2D eigenvalue weighted by atomic mass is 32.2. The van der Waals surface area contributed by atoms with Crippen LogP contribution in [0.4, 0.5) is 0 Å². The normalized spacial score (nSPS) is 24.4. The fraction of sp³-hybridized carbons (Fsp3) is 0.417. The summed E-state index contributed by atoms with van der Waals surface area (Å²) < 4.78 is 34.8. The van der Waals surface area contributed by atoms with Crippen molar-refractivity contribution in [2.75, 3.05) is 32.8 Å². The standard InChI is InChI=1S/C24H28N4O4S/c29-24(25-15-19-17-27(13-14-32-19)16-18-7-2-1-3-8-18)21-10-6-12-28(21)23-20-9-4-5-11-22(20)33(30,31)26-23/h1-5,7-9,11,19,21H,6,10,12-17H2,(H,25,29)/t19?,21-/m0/s1. The molecule has 5 rings (SSSR count). The number of amidine groups is 1. The zero-order valence-electron chi connectivity index (χ0n) is 18.4. The number of carbonyl (C=O) groups is 1. The lowest BCUT2D eigenvalue weighted by Gasteiger charge is -2.33. The molecule has 1 amide bonds. The lowest BCUT2D eigenvalue weighted by molar-refractivity contribution is -0.125. The second-order valence-electron chi connectivity index (χ2n) is 8.70. The minimum Gasteiger partial charge on any atom is -0.374 e. The van der Waals surface area contributed by atoms with Crippen LogP contribution in [0.1, 0.15) is 24.0 Å². The number of hydrogen-bond donors (Lipinski definition) is 1. The Morgan fingerprint density at radius 1 is 1.09 bits per heavy atom. The molecule has 8 nitrogen and oxygen atoms in total. The number of fused-ring (bicyclic) bond motifs is 1. The Labute approximate surface area is 194 Å². The number of nitrogens with zero attached hydrogens (tertiary/aromatic N) is 3. The average molecular weight is 469 g/mol. The maximum absolute atomic E-state index is 13.1. The van der Waals surface area contributed by atoms with Crippen molar-refractivity contribution < 1.29 is 17.9 Å². The molecule has 2 aromatic rings. The van der Waals surface area contributed by atoms with Gasteiger partial charge in [-0.15, -0.1) is 4.40 Å². The van der Waals surface area contributed by atoms with E-state index in [-0.39, 0.29) is 16.9 Å². The molecule has 0 aromatic heterocycles. The van der Waals surface area contributed by atoms with Gasteiger partial charge in [0.25, 0.3) is 10.0 Å². The Bertz CT molecular complexity index is 1150. The fourth-order valence-corrected chi connectivity index (χ4v) is 6.03. The van der Waals surface area contributed by atoms with E-state index in [4.69, 9.17) is 4.74 Å². The third-order valence-electron chi connectivity index (χ3n) is 6.42. The van der Waals surface area contributed by atoms with Crippen molar-refractivity contribution in [2.45, 2.75) is 36.4 Å². The minimum atomic E-state index is -3.71. The molecule has 2 atom stereocenters. The molecule has 174 valence electrons. The van der Waals surface area contributed by atoms with Crippen LogP contribution in [0, 0.1) is 0 Å². The highest BCUT2D eigenvalue weighted by Crippen LogP contribution is 2.31. The molecule has 3 aliphatic heterocycles. The molecule has 0 radical (unpaired) electrons. The first-order valence-corrected chi connectivity index (χ1v) is 12.8. The van der Waals surface area contributed by atoms with Crippen molar-refractivity contribution >= 4 is 21.8 Å². The smallest absolute Gasteiger partial charge is 0.285 e. The quantitative estimate of drug-likeness (QED) is 0.717. The van der Waals surface area contributed by atoms with Gasteiger partial charge in [-0.3, -0.25) is 9.69 Å². The zero-order chi connectivity index (χ0) is 22.8. The molecule has 0 bridgehead atoms. The van der Waals surface area contributed by atoms with Crippen LogP contribution in [-0.2, 0) is 26.1 Å². The lowest BCUT2D eigenvalue weighted by atomic mass is 10.1. The Balaban J connectivity index is 1.21. The molecule has 0 aliphatic carbocycles. The summed E-state index contributed by atoms with van der Waals surface area (Å²) in [5.74, 6) is 0.270. The Morgan fingerprint density at radius 3 is 2.73 bits per heavy atom. The topological polar surface area (TPSA) is 91.3 Å². The maximum Gasteiger partial charge on any atom is 0.285 e. The predicted molar refractivity (Wildman–Crippen MR) is 124 cm³/mol. The second kappa shape index (κ2) is 9.24. The maximum atomic E-state index is 13.1. The fourth-order valence-electron chi connectivity index (χ4n) is 4.81. The molecule has 9 heteroatoms. The van der Waals surface area contributed by atoms with Gasteiger partial charge in [-0.05, 0) is 30.5 Å². The van der Waals surface area contributed by atoms with E-state index < -0.39 is 16.1 Å². The van der Waals surface area contributed by atoms with Gasteiger partial charge < -0.3 is 15.0 Å². The van der Waals surface area contributed by atoms with Crippen LogP contribution in [0.25, 0.3) is 0 Å². The molecular formula is C24H28N4O4S. The highest BCUT2D eigenvalue weighted by Gasteiger charge is 2.39. The van der Waals surface area contributed by atoms with Crippen molar-refractivity contribution in [1.29, 1.82) is 0 Å². The zero-order valence-corrected chi connectivity index (χ0v) is 19.2. The SMILES string of the molecule is O=C(NCC1CN(Cc2ccccc2)CCO1)[C@@H]1CCCN1C1=NS(=O)(=O)c2ccccc21. The van der Waals surface area contributed by atoms with Crippen LogP contribution in [0.15, 0.2) is 63.9 Å². The summed E-state index contributed by atoms with van der Waals surface area (Å²) in [6.07, 6.45) is 1.40. The van der Waals surface area contributed by atoms with Gasteiger partial charge in [-0.25, -0.2) is 0 Å². The summed E-state index contributed by atoms with van der Waals surface area (Å²) in [6, 6.07) is 16.7. The van der Waals surface area contributed by atoms with E-state index in [9.17, 15) is 13.2 Å². The van der Waals surface area contributed by atoms with E-state index in [1.807, 2.05) is 23.1 Å². The first-order chi connectivity index (χ1) is 16.0. The van der Waals surface area contributed by atoms with Crippen LogP contribution in [0.2, 0.25) is 0 Å². The van der Waals surface area contributed by atoms with Crippen molar-refractivity contribution in [2.24, 2.45) is 4.40 Å². The number of sulfonamides is 1. The van der Waals surface area contributed by atoms with Crippen LogP contribution < -0.4 is 5.32 Å². The number of ether oxygens (including phenoxy) is 1. The number of rotatable bonds is 5. The number of amides is 1. The Morgan fingerprint density at radius 2 is 1.88 bits per heavy atom. The van der Waals surface area contributed by atoms with Gasteiger partial charge in [0.15, 0.2) is 5.84 Å². The summed E-state index contributed by atoms with van der Waals surface area (Å²) in [5, 5.41) is 3.04. The molecule has 2 saturated heterocycles. The van der Waals surface area contributed by atoms with Gasteiger partial charge in [-0.2, -0.15) is 8.42 Å². The molecule has 2 fully saturated rings. The summed E-state index contributed by atoms with van der Waals surface area (Å²) in [4.78, 5) is 17.5. The first kappa shape index (κ1) is 22.1. The van der Waals surface area contributed by atoms with Crippen molar-refractivity contribution in [3.63, 3.8) is 0 Å². The number of nitrogens with one attached hydrogen (secondary N) is 1. The highest BCUT2D eigenvalue weighted by molar-refractivity contribution is 7.90. The number of benzene rings is 2. The number of morpholine rings is 1. The molecule has 1 N–H and O–H groups in total. The molecule has 1 unspecified atom stereocenters. The minimum absolute atomic E-state index is 0.0776. The largest absolute Gasteiger partial charge is 0.374 e. The monoisotopic (exact) mass is 468 g/mol. The van der Waals surface area contributed by atoms with Crippen molar-refractivity contribution in [3.8, 4) is 0 Å². The third-order valence-corrected chi connectivity index (χ3v) is 7.74.